The van der Waals surface area contributed by atoms with Crippen LogP contribution < -0.4 is 5.73 Å². The summed E-state index contributed by atoms with van der Waals surface area (Å²) in [5.74, 6) is 1.41. The molecule has 0 radical (unpaired) electrons. The first-order chi connectivity index (χ1) is 9.22. The molecule has 3 rings (SSSR count). The summed E-state index contributed by atoms with van der Waals surface area (Å²) >= 11 is 1.71. The lowest BCUT2D eigenvalue weighted by Gasteiger charge is -2.06. The number of aryl methyl sites for hydroxylation is 1. The summed E-state index contributed by atoms with van der Waals surface area (Å²) < 4.78 is 1.80. The van der Waals surface area contributed by atoms with Gasteiger partial charge >= 0.3 is 0 Å². The number of hydrogen-bond acceptors (Lipinski definition) is 4. The van der Waals surface area contributed by atoms with Crippen molar-refractivity contribution in [2.75, 3.05) is 5.73 Å². The molecule has 0 aliphatic rings. The van der Waals surface area contributed by atoms with Crippen LogP contribution in [0, 0.1) is 0 Å². The Kier molecular flexibility index (Phi) is 3.13. The van der Waals surface area contributed by atoms with Gasteiger partial charge in [0.2, 0.25) is 0 Å². The van der Waals surface area contributed by atoms with Gasteiger partial charge in [-0.15, -0.1) is 11.8 Å². The smallest absolute Gasteiger partial charge is 0.128 e. The lowest BCUT2D eigenvalue weighted by Crippen LogP contribution is -1.97. The van der Waals surface area contributed by atoms with Crippen LogP contribution >= 0.6 is 11.8 Å². The van der Waals surface area contributed by atoms with E-state index in [1.54, 1.807) is 16.4 Å². The fraction of sp³-hybridized carbons (Fsp3) is 0.143. The van der Waals surface area contributed by atoms with Crippen molar-refractivity contribution in [2.24, 2.45) is 7.05 Å². The topological polar surface area (TPSA) is 56.7 Å². The van der Waals surface area contributed by atoms with Crippen molar-refractivity contribution in [3.05, 3.63) is 48.3 Å². The predicted octanol–water partition coefficient (Wildman–Crippen LogP) is 2.84. The number of anilines is 1. The summed E-state index contributed by atoms with van der Waals surface area (Å²) in [6.07, 6.45) is 3.85. The number of nitrogens with zero attached hydrogens (tertiary/aromatic N) is 3. The van der Waals surface area contributed by atoms with Gasteiger partial charge < -0.3 is 5.73 Å². The number of nitrogens with two attached hydrogens (primary N) is 1. The van der Waals surface area contributed by atoms with Crippen LogP contribution in [-0.4, -0.2) is 14.8 Å². The van der Waals surface area contributed by atoms with E-state index in [4.69, 9.17) is 5.73 Å². The molecule has 0 saturated heterocycles. The first kappa shape index (κ1) is 12.0. The molecule has 1 aromatic carbocycles. The van der Waals surface area contributed by atoms with Gasteiger partial charge in [0, 0.05) is 34.8 Å². The summed E-state index contributed by atoms with van der Waals surface area (Å²) in [7, 11) is 1.91. The van der Waals surface area contributed by atoms with Crippen molar-refractivity contribution in [3.63, 3.8) is 0 Å². The zero-order valence-electron chi connectivity index (χ0n) is 10.6. The molecule has 2 heterocycles. The van der Waals surface area contributed by atoms with E-state index in [1.165, 1.54) is 0 Å². The van der Waals surface area contributed by atoms with Crippen molar-refractivity contribution >= 4 is 28.5 Å². The monoisotopic (exact) mass is 270 g/mol. The number of benzene rings is 1. The SMILES string of the molecule is Cn1cc(SCc2cc3ccccc3nc2N)cn1. The molecule has 96 valence electrons. The highest BCUT2D eigenvalue weighted by atomic mass is 32.2. The standard InChI is InChI=1S/C14H14N4S/c1-18-8-12(7-16-18)19-9-11-6-10-4-2-3-5-13(10)17-14(11)15/h2-8H,9H2,1H3,(H2,15,17). The van der Waals surface area contributed by atoms with Crippen LogP contribution in [0.15, 0.2) is 47.6 Å². The number of nitrogen functional groups attached to an aromatic ring is 1. The third kappa shape index (κ3) is 2.56. The molecular weight excluding hydrogens is 256 g/mol. The average Bonchev–Trinajstić information content (AvgIpc) is 2.82. The van der Waals surface area contributed by atoms with Gasteiger partial charge in [-0.25, -0.2) is 4.98 Å². The Morgan fingerprint density at radius 3 is 2.95 bits per heavy atom. The molecular formula is C14H14N4S. The van der Waals surface area contributed by atoms with Gasteiger partial charge in [-0.05, 0) is 12.1 Å². The number of aromatic nitrogens is 3. The molecule has 3 aromatic rings. The van der Waals surface area contributed by atoms with Crippen LogP contribution in [-0.2, 0) is 12.8 Å². The summed E-state index contributed by atoms with van der Waals surface area (Å²) in [6.45, 7) is 0. The number of para-hydroxylation sites is 1. The Bertz CT molecular complexity index is 720. The van der Waals surface area contributed by atoms with Crippen LogP contribution in [0.5, 0.6) is 0 Å². The minimum absolute atomic E-state index is 0.607. The molecule has 0 fully saturated rings. The average molecular weight is 270 g/mol. The number of thioether (sulfide) groups is 1. The molecule has 19 heavy (non-hydrogen) atoms. The van der Waals surface area contributed by atoms with E-state index in [0.29, 0.717) is 5.82 Å². The van der Waals surface area contributed by atoms with Crippen molar-refractivity contribution in [1.29, 1.82) is 0 Å². The molecule has 0 aliphatic heterocycles. The van der Waals surface area contributed by atoms with E-state index in [-0.39, 0.29) is 0 Å². The maximum absolute atomic E-state index is 6.01. The van der Waals surface area contributed by atoms with Gasteiger partial charge in [-0.2, -0.15) is 5.10 Å². The highest BCUT2D eigenvalue weighted by Gasteiger charge is 2.05. The van der Waals surface area contributed by atoms with E-state index in [2.05, 4.69) is 22.2 Å². The second-order valence-electron chi connectivity index (χ2n) is 4.36. The molecule has 2 N–H and O–H groups in total. The Hall–Kier alpha value is -2.01. The normalized spacial score (nSPS) is 11.0. The maximum Gasteiger partial charge on any atom is 0.128 e. The Labute approximate surface area is 115 Å². The van der Waals surface area contributed by atoms with Crippen LogP contribution in [0.1, 0.15) is 5.56 Å². The van der Waals surface area contributed by atoms with Crippen LogP contribution in [0.25, 0.3) is 10.9 Å². The minimum atomic E-state index is 0.607. The molecule has 5 heteroatoms. The lowest BCUT2D eigenvalue weighted by atomic mass is 10.1. The zero-order chi connectivity index (χ0) is 13.2. The number of pyridine rings is 1. The molecule has 4 nitrogen and oxygen atoms in total. The lowest BCUT2D eigenvalue weighted by molar-refractivity contribution is 0.766. The van der Waals surface area contributed by atoms with Gasteiger partial charge in [0.05, 0.1) is 11.7 Å². The van der Waals surface area contributed by atoms with Crippen molar-refractivity contribution < 1.29 is 0 Å². The quantitative estimate of drug-likeness (QED) is 0.743. The molecule has 0 saturated carbocycles. The van der Waals surface area contributed by atoms with Gasteiger partial charge in [-0.1, -0.05) is 18.2 Å². The minimum Gasteiger partial charge on any atom is -0.383 e. The van der Waals surface area contributed by atoms with Crippen molar-refractivity contribution in [1.82, 2.24) is 14.8 Å². The molecule has 0 bridgehead atoms. The molecule has 0 aliphatic carbocycles. The van der Waals surface area contributed by atoms with Crippen molar-refractivity contribution in [2.45, 2.75) is 10.6 Å². The molecule has 0 unspecified atom stereocenters. The number of rotatable bonds is 3. The van der Waals surface area contributed by atoms with Crippen molar-refractivity contribution in [3.8, 4) is 0 Å². The molecule has 2 aromatic heterocycles. The highest BCUT2D eigenvalue weighted by Crippen LogP contribution is 2.26. The number of fused-ring (bicyclic) bond motifs is 1. The fourth-order valence-electron chi connectivity index (χ4n) is 1.92. The van der Waals surface area contributed by atoms with Crippen LogP contribution in [0.3, 0.4) is 0 Å². The van der Waals surface area contributed by atoms with E-state index < -0.39 is 0 Å². The van der Waals surface area contributed by atoms with Gasteiger partial charge in [0.15, 0.2) is 0 Å². The van der Waals surface area contributed by atoms with Crippen LogP contribution in [0.4, 0.5) is 5.82 Å². The van der Waals surface area contributed by atoms with Gasteiger partial charge in [0.1, 0.15) is 5.82 Å². The fourth-order valence-corrected chi connectivity index (χ4v) is 2.83. The summed E-state index contributed by atoms with van der Waals surface area (Å²) in [6, 6.07) is 10.1. The second-order valence-corrected chi connectivity index (χ2v) is 5.41. The Morgan fingerprint density at radius 2 is 2.16 bits per heavy atom. The Morgan fingerprint density at radius 1 is 1.32 bits per heavy atom. The molecule has 0 spiro atoms. The predicted molar refractivity (Wildman–Crippen MR) is 78.9 cm³/mol. The van der Waals surface area contributed by atoms with Crippen LogP contribution in [0.2, 0.25) is 0 Å². The second kappa shape index (κ2) is 4.93. The molecule has 0 atom stereocenters. The third-order valence-electron chi connectivity index (χ3n) is 2.91. The molecule has 0 amide bonds. The van der Waals surface area contributed by atoms with Gasteiger partial charge in [0.25, 0.3) is 0 Å². The summed E-state index contributed by atoms with van der Waals surface area (Å²) in [5, 5.41) is 5.27. The van der Waals surface area contributed by atoms with Gasteiger partial charge in [-0.3, -0.25) is 4.68 Å². The number of hydrogen-bond donors (Lipinski definition) is 1. The third-order valence-corrected chi connectivity index (χ3v) is 3.91. The van der Waals surface area contributed by atoms with E-state index in [0.717, 1.165) is 27.1 Å². The van der Waals surface area contributed by atoms with E-state index >= 15 is 0 Å². The first-order valence-corrected chi connectivity index (χ1v) is 6.96. The summed E-state index contributed by atoms with van der Waals surface area (Å²) in [4.78, 5) is 5.57. The largest absolute Gasteiger partial charge is 0.383 e. The highest BCUT2D eigenvalue weighted by molar-refractivity contribution is 7.98. The zero-order valence-corrected chi connectivity index (χ0v) is 11.4. The van der Waals surface area contributed by atoms with E-state index in [1.807, 2.05) is 37.6 Å². The maximum atomic E-state index is 6.01. The first-order valence-electron chi connectivity index (χ1n) is 5.98. The Balaban J connectivity index is 1.86. The van der Waals surface area contributed by atoms with E-state index in [9.17, 15) is 0 Å². The summed E-state index contributed by atoms with van der Waals surface area (Å²) in [5.41, 5.74) is 8.01.